The Bertz CT molecular complexity index is 906. The number of hydrogen-bond donors (Lipinski definition) is 2. The molecule has 2 N–H and O–H groups in total. The van der Waals surface area contributed by atoms with Crippen molar-refractivity contribution in [2.75, 3.05) is 13.6 Å². The normalized spacial score (nSPS) is 11.2. The van der Waals surface area contributed by atoms with Gasteiger partial charge in [-0.3, -0.25) is 4.79 Å². The lowest BCUT2D eigenvalue weighted by Crippen LogP contribution is -2.27. The highest BCUT2D eigenvalue weighted by atomic mass is 32.2. The SMILES string of the molecule is CCNS(=O)(=O)c1ccc(CC(=O)N(C)Cc2ccc(C(=O)O)cc2)cc1. The first kappa shape index (κ1) is 20.6. The zero-order valence-electron chi connectivity index (χ0n) is 15.2. The first-order valence-corrected chi connectivity index (χ1v) is 9.86. The molecule has 1 amide bonds. The summed E-state index contributed by atoms with van der Waals surface area (Å²) in [6.45, 7) is 2.36. The standard InChI is InChI=1S/C19H22N2O5S/c1-3-20-27(25,26)17-10-6-14(7-11-17)12-18(22)21(2)13-15-4-8-16(9-5-15)19(23)24/h4-11,20H,3,12-13H2,1-2H3,(H,23,24). The summed E-state index contributed by atoms with van der Waals surface area (Å²) < 4.78 is 26.3. The molecular weight excluding hydrogens is 368 g/mol. The quantitative estimate of drug-likeness (QED) is 0.716. The molecule has 8 heteroatoms. The van der Waals surface area contributed by atoms with Gasteiger partial charge in [0.15, 0.2) is 0 Å². The van der Waals surface area contributed by atoms with Crippen LogP contribution in [0.5, 0.6) is 0 Å². The maximum atomic E-state index is 12.4. The van der Waals surface area contributed by atoms with Gasteiger partial charge in [-0.1, -0.05) is 31.2 Å². The molecule has 0 fully saturated rings. The van der Waals surface area contributed by atoms with Crippen LogP contribution in [-0.2, 0) is 27.8 Å². The van der Waals surface area contributed by atoms with Gasteiger partial charge in [-0.05, 0) is 35.4 Å². The second-order valence-corrected chi connectivity index (χ2v) is 7.84. The molecule has 144 valence electrons. The van der Waals surface area contributed by atoms with Gasteiger partial charge in [0.1, 0.15) is 0 Å². The minimum atomic E-state index is -3.51. The van der Waals surface area contributed by atoms with Gasteiger partial charge in [0.05, 0.1) is 16.9 Å². The highest BCUT2D eigenvalue weighted by Crippen LogP contribution is 2.13. The smallest absolute Gasteiger partial charge is 0.335 e. The molecule has 2 aromatic carbocycles. The molecule has 2 rings (SSSR count). The maximum Gasteiger partial charge on any atom is 0.335 e. The zero-order valence-corrected chi connectivity index (χ0v) is 16.0. The molecule has 27 heavy (non-hydrogen) atoms. The number of hydrogen-bond acceptors (Lipinski definition) is 4. The van der Waals surface area contributed by atoms with E-state index in [0.717, 1.165) is 5.56 Å². The third kappa shape index (κ3) is 5.63. The average molecular weight is 390 g/mol. The van der Waals surface area contributed by atoms with Crippen molar-refractivity contribution in [3.63, 3.8) is 0 Å². The molecule has 2 aromatic rings. The summed E-state index contributed by atoms with van der Waals surface area (Å²) in [5.74, 6) is -1.12. The number of carbonyl (C=O) groups is 2. The van der Waals surface area contributed by atoms with E-state index in [4.69, 9.17) is 5.11 Å². The largest absolute Gasteiger partial charge is 0.478 e. The van der Waals surface area contributed by atoms with Crippen LogP contribution in [0.15, 0.2) is 53.4 Å². The summed E-state index contributed by atoms with van der Waals surface area (Å²) in [5, 5.41) is 8.90. The van der Waals surface area contributed by atoms with Crippen LogP contribution in [0.3, 0.4) is 0 Å². The molecule has 0 aliphatic rings. The number of carboxylic acid groups (broad SMARTS) is 1. The highest BCUT2D eigenvalue weighted by molar-refractivity contribution is 7.89. The first-order valence-electron chi connectivity index (χ1n) is 8.37. The van der Waals surface area contributed by atoms with Crippen LogP contribution >= 0.6 is 0 Å². The lowest BCUT2D eigenvalue weighted by molar-refractivity contribution is -0.129. The Labute approximate surface area is 158 Å². The summed E-state index contributed by atoms with van der Waals surface area (Å²) in [6.07, 6.45) is 0.144. The van der Waals surface area contributed by atoms with E-state index in [1.54, 1.807) is 43.1 Å². The number of carboxylic acids is 1. The zero-order chi connectivity index (χ0) is 20.0. The van der Waals surface area contributed by atoms with Gasteiger partial charge in [0.2, 0.25) is 15.9 Å². The van der Waals surface area contributed by atoms with Crippen LogP contribution in [0.2, 0.25) is 0 Å². The van der Waals surface area contributed by atoms with Crippen molar-refractivity contribution < 1.29 is 23.1 Å². The van der Waals surface area contributed by atoms with Gasteiger partial charge >= 0.3 is 5.97 Å². The summed E-state index contributed by atoms with van der Waals surface area (Å²) >= 11 is 0. The number of nitrogens with one attached hydrogen (secondary N) is 1. The molecule has 0 aliphatic carbocycles. The number of sulfonamides is 1. The summed E-state index contributed by atoms with van der Waals surface area (Å²) in [4.78, 5) is 24.9. The van der Waals surface area contributed by atoms with Gasteiger partial charge in [-0.15, -0.1) is 0 Å². The third-order valence-corrected chi connectivity index (χ3v) is 5.53. The van der Waals surface area contributed by atoms with Crippen molar-refractivity contribution in [1.82, 2.24) is 9.62 Å². The van der Waals surface area contributed by atoms with Crippen LogP contribution in [-0.4, -0.2) is 43.9 Å². The molecule has 0 spiro atoms. The number of aromatic carboxylic acids is 1. The van der Waals surface area contributed by atoms with Gasteiger partial charge in [0, 0.05) is 20.1 Å². The molecular formula is C19H22N2O5S. The van der Waals surface area contributed by atoms with Crippen molar-refractivity contribution in [2.45, 2.75) is 24.8 Å². The van der Waals surface area contributed by atoms with Gasteiger partial charge in [-0.2, -0.15) is 0 Å². The number of benzene rings is 2. The molecule has 0 heterocycles. The fraction of sp³-hybridized carbons (Fsp3) is 0.263. The van der Waals surface area contributed by atoms with Gasteiger partial charge < -0.3 is 10.0 Å². The lowest BCUT2D eigenvalue weighted by atomic mass is 10.1. The molecule has 0 saturated heterocycles. The lowest BCUT2D eigenvalue weighted by Gasteiger charge is -2.17. The Kier molecular flexibility index (Phi) is 6.70. The number of nitrogens with zero attached hydrogens (tertiary/aromatic N) is 1. The van der Waals surface area contributed by atoms with Crippen LogP contribution < -0.4 is 4.72 Å². The molecule has 0 saturated carbocycles. The minimum absolute atomic E-state index is 0.125. The fourth-order valence-electron chi connectivity index (χ4n) is 2.48. The summed E-state index contributed by atoms with van der Waals surface area (Å²) in [6, 6.07) is 12.5. The van der Waals surface area contributed by atoms with Gasteiger partial charge in [-0.25, -0.2) is 17.9 Å². The Hall–Kier alpha value is -2.71. The Morgan fingerprint density at radius 3 is 2.07 bits per heavy atom. The van der Waals surface area contributed by atoms with Crippen molar-refractivity contribution >= 4 is 21.9 Å². The molecule has 0 aliphatic heterocycles. The molecule has 0 atom stereocenters. The van der Waals surface area contributed by atoms with E-state index in [0.29, 0.717) is 18.7 Å². The van der Waals surface area contributed by atoms with Crippen LogP contribution in [0.4, 0.5) is 0 Å². The first-order chi connectivity index (χ1) is 12.7. The van der Waals surface area contributed by atoms with Crippen LogP contribution in [0, 0.1) is 0 Å². The summed E-state index contributed by atoms with van der Waals surface area (Å²) in [5.41, 5.74) is 1.73. The van der Waals surface area contributed by atoms with E-state index in [-0.39, 0.29) is 22.8 Å². The third-order valence-electron chi connectivity index (χ3n) is 3.97. The predicted octanol–water partition coefficient (Wildman–Crippen LogP) is 1.88. The van der Waals surface area contributed by atoms with Crippen molar-refractivity contribution in [3.8, 4) is 0 Å². The Balaban J connectivity index is 1.98. The van der Waals surface area contributed by atoms with Crippen molar-refractivity contribution in [3.05, 3.63) is 65.2 Å². The van der Waals surface area contributed by atoms with E-state index < -0.39 is 16.0 Å². The summed E-state index contributed by atoms with van der Waals surface area (Å²) in [7, 11) is -1.85. The van der Waals surface area contributed by atoms with Crippen LogP contribution in [0.25, 0.3) is 0 Å². The number of rotatable bonds is 8. The van der Waals surface area contributed by atoms with Gasteiger partial charge in [0.25, 0.3) is 0 Å². The highest BCUT2D eigenvalue weighted by Gasteiger charge is 2.14. The van der Waals surface area contributed by atoms with E-state index >= 15 is 0 Å². The maximum absolute atomic E-state index is 12.4. The predicted molar refractivity (Wildman–Crippen MR) is 101 cm³/mol. The number of likely N-dealkylation sites (N-methyl/N-ethyl adjacent to an activating group) is 1. The fourth-order valence-corrected chi connectivity index (χ4v) is 3.53. The molecule has 0 unspecified atom stereocenters. The second kappa shape index (κ2) is 8.79. The second-order valence-electron chi connectivity index (χ2n) is 6.07. The Morgan fingerprint density at radius 1 is 1.00 bits per heavy atom. The molecule has 0 aromatic heterocycles. The monoisotopic (exact) mass is 390 g/mol. The Morgan fingerprint density at radius 2 is 1.56 bits per heavy atom. The average Bonchev–Trinajstić information content (AvgIpc) is 2.62. The van der Waals surface area contributed by atoms with E-state index in [2.05, 4.69) is 4.72 Å². The van der Waals surface area contributed by atoms with Crippen molar-refractivity contribution in [2.24, 2.45) is 0 Å². The number of amides is 1. The van der Waals surface area contributed by atoms with E-state index in [1.807, 2.05) is 0 Å². The van der Waals surface area contributed by atoms with Crippen LogP contribution in [0.1, 0.15) is 28.4 Å². The molecule has 0 radical (unpaired) electrons. The number of carbonyl (C=O) groups excluding carboxylic acids is 1. The topological polar surface area (TPSA) is 104 Å². The molecule has 7 nitrogen and oxygen atoms in total. The molecule has 0 bridgehead atoms. The van der Waals surface area contributed by atoms with Crippen molar-refractivity contribution in [1.29, 1.82) is 0 Å². The minimum Gasteiger partial charge on any atom is -0.478 e. The van der Waals surface area contributed by atoms with E-state index in [9.17, 15) is 18.0 Å². The van der Waals surface area contributed by atoms with E-state index in [1.165, 1.54) is 24.3 Å².